The monoisotopic (exact) mass is 286 g/mol. The predicted molar refractivity (Wildman–Crippen MR) is 83.8 cm³/mol. The van der Waals surface area contributed by atoms with Crippen molar-refractivity contribution in [2.24, 2.45) is 12.0 Å². The van der Waals surface area contributed by atoms with Crippen molar-refractivity contribution >= 4 is 15.3 Å². The van der Waals surface area contributed by atoms with E-state index < -0.39 is 9.04 Å². The van der Waals surface area contributed by atoms with Gasteiger partial charge in [0.05, 0.1) is 12.2 Å². The van der Waals surface area contributed by atoms with Gasteiger partial charge in [-0.15, -0.1) is 0 Å². The Hall–Kier alpha value is -1.88. The molecule has 0 aliphatic carbocycles. The SMILES string of the molecule is CC(N=Cc1cnn(C)c1)c1ccccc1O[Si](C)C. The number of nitrogens with zero attached hydrogens (tertiary/aromatic N) is 3. The summed E-state index contributed by atoms with van der Waals surface area (Å²) in [6.07, 6.45) is 5.60. The summed E-state index contributed by atoms with van der Waals surface area (Å²) >= 11 is 0. The van der Waals surface area contributed by atoms with E-state index >= 15 is 0 Å². The molecule has 20 heavy (non-hydrogen) atoms. The zero-order chi connectivity index (χ0) is 14.5. The maximum atomic E-state index is 5.93. The highest BCUT2D eigenvalue weighted by Gasteiger charge is 2.11. The van der Waals surface area contributed by atoms with Crippen LogP contribution in [0, 0.1) is 0 Å². The average molecular weight is 286 g/mol. The number of hydrogen-bond acceptors (Lipinski definition) is 3. The van der Waals surface area contributed by atoms with Gasteiger partial charge in [0.2, 0.25) is 0 Å². The first-order valence-electron chi connectivity index (χ1n) is 6.65. The zero-order valence-electron chi connectivity index (χ0n) is 12.4. The number of benzene rings is 1. The molecule has 1 radical (unpaired) electrons. The second-order valence-corrected chi connectivity index (χ2v) is 6.97. The Kier molecular flexibility index (Phi) is 4.73. The van der Waals surface area contributed by atoms with Gasteiger partial charge < -0.3 is 4.43 Å². The smallest absolute Gasteiger partial charge is 0.274 e. The first kappa shape index (κ1) is 14.5. The van der Waals surface area contributed by atoms with E-state index in [2.05, 4.69) is 36.2 Å². The number of rotatable bonds is 5. The van der Waals surface area contributed by atoms with Crippen LogP contribution in [0.4, 0.5) is 0 Å². The van der Waals surface area contributed by atoms with Crippen LogP contribution in [0.5, 0.6) is 5.75 Å². The van der Waals surface area contributed by atoms with E-state index in [4.69, 9.17) is 4.43 Å². The third-order valence-electron chi connectivity index (χ3n) is 2.86. The van der Waals surface area contributed by atoms with Gasteiger partial charge in [-0.1, -0.05) is 18.2 Å². The quantitative estimate of drug-likeness (QED) is 0.625. The van der Waals surface area contributed by atoms with Crippen molar-refractivity contribution in [3.63, 3.8) is 0 Å². The van der Waals surface area contributed by atoms with Gasteiger partial charge in [-0.05, 0) is 26.1 Å². The number of aliphatic imine (C=N–C) groups is 1. The number of para-hydroxylation sites is 1. The summed E-state index contributed by atoms with van der Waals surface area (Å²) in [5, 5.41) is 4.13. The second-order valence-electron chi connectivity index (χ2n) is 4.95. The molecule has 1 aromatic heterocycles. The van der Waals surface area contributed by atoms with E-state index in [1.54, 1.807) is 10.9 Å². The fourth-order valence-electron chi connectivity index (χ4n) is 1.92. The molecule has 105 valence electrons. The van der Waals surface area contributed by atoms with Gasteiger partial charge in [0.25, 0.3) is 9.04 Å². The van der Waals surface area contributed by atoms with Crippen LogP contribution < -0.4 is 4.43 Å². The summed E-state index contributed by atoms with van der Waals surface area (Å²) in [4.78, 5) is 4.60. The molecular formula is C15H20N3OSi. The molecule has 0 spiro atoms. The van der Waals surface area contributed by atoms with Crippen LogP contribution >= 0.6 is 0 Å². The Morgan fingerprint density at radius 1 is 1.35 bits per heavy atom. The van der Waals surface area contributed by atoms with Crippen LogP contribution in [-0.4, -0.2) is 25.0 Å². The Bertz CT molecular complexity index is 592. The van der Waals surface area contributed by atoms with Crippen molar-refractivity contribution < 1.29 is 4.43 Å². The maximum Gasteiger partial charge on any atom is 0.274 e. The fourth-order valence-corrected chi connectivity index (χ4v) is 2.55. The summed E-state index contributed by atoms with van der Waals surface area (Å²) < 4.78 is 7.70. The van der Waals surface area contributed by atoms with Crippen LogP contribution in [0.2, 0.25) is 13.1 Å². The molecule has 0 fully saturated rings. The molecule has 2 aromatic rings. The van der Waals surface area contributed by atoms with Crippen LogP contribution in [0.3, 0.4) is 0 Å². The van der Waals surface area contributed by atoms with E-state index in [-0.39, 0.29) is 6.04 Å². The Morgan fingerprint density at radius 3 is 2.75 bits per heavy atom. The van der Waals surface area contributed by atoms with Gasteiger partial charge in [0.15, 0.2) is 0 Å². The summed E-state index contributed by atoms with van der Waals surface area (Å²) in [5.41, 5.74) is 2.13. The van der Waals surface area contributed by atoms with Gasteiger partial charge in [-0.25, -0.2) is 0 Å². The Balaban J connectivity index is 2.16. The lowest BCUT2D eigenvalue weighted by molar-refractivity contribution is 0.564. The van der Waals surface area contributed by atoms with E-state index in [0.29, 0.717) is 0 Å². The molecule has 0 bridgehead atoms. The molecule has 0 amide bonds. The summed E-state index contributed by atoms with van der Waals surface area (Å²) in [6.45, 7) is 6.34. The highest BCUT2D eigenvalue weighted by molar-refractivity contribution is 6.49. The van der Waals surface area contributed by atoms with Crippen molar-refractivity contribution in [3.8, 4) is 5.75 Å². The lowest BCUT2D eigenvalue weighted by Gasteiger charge is -2.15. The third kappa shape index (κ3) is 3.80. The lowest BCUT2D eigenvalue weighted by Crippen LogP contribution is -2.13. The molecule has 0 saturated carbocycles. The molecule has 2 rings (SSSR count). The first-order chi connectivity index (χ1) is 9.56. The molecule has 0 aliphatic rings. The minimum Gasteiger partial charge on any atom is -0.542 e. The van der Waals surface area contributed by atoms with Crippen molar-refractivity contribution in [2.45, 2.75) is 26.1 Å². The van der Waals surface area contributed by atoms with Gasteiger partial charge >= 0.3 is 0 Å². The molecule has 0 saturated heterocycles. The van der Waals surface area contributed by atoms with Gasteiger partial charge in [0, 0.05) is 30.6 Å². The first-order valence-corrected chi connectivity index (χ1v) is 9.06. The van der Waals surface area contributed by atoms with Crippen molar-refractivity contribution in [1.29, 1.82) is 0 Å². The van der Waals surface area contributed by atoms with E-state index in [1.807, 2.05) is 37.7 Å². The van der Waals surface area contributed by atoms with Crippen molar-refractivity contribution in [1.82, 2.24) is 9.78 Å². The van der Waals surface area contributed by atoms with Gasteiger partial charge in [0.1, 0.15) is 5.75 Å². The van der Waals surface area contributed by atoms with E-state index in [1.165, 1.54) is 0 Å². The largest absolute Gasteiger partial charge is 0.542 e. The molecular weight excluding hydrogens is 266 g/mol. The Morgan fingerprint density at radius 2 is 2.10 bits per heavy atom. The minimum atomic E-state index is -0.770. The number of aryl methyl sites for hydroxylation is 1. The van der Waals surface area contributed by atoms with Crippen LogP contribution in [-0.2, 0) is 7.05 Å². The fraction of sp³-hybridized carbons (Fsp3) is 0.333. The predicted octanol–water partition coefficient (Wildman–Crippen LogP) is 3.23. The normalized spacial score (nSPS) is 13.1. The molecule has 1 atom stereocenters. The molecule has 1 aromatic carbocycles. The summed E-state index contributed by atoms with van der Waals surface area (Å²) in [7, 11) is 1.13. The van der Waals surface area contributed by atoms with E-state index in [0.717, 1.165) is 16.9 Å². The highest BCUT2D eigenvalue weighted by Crippen LogP contribution is 2.27. The van der Waals surface area contributed by atoms with Crippen LogP contribution in [0.1, 0.15) is 24.1 Å². The topological polar surface area (TPSA) is 39.4 Å². The molecule has 4 nitrogen and oxygen atoms in total. The molecule has 0 aliphatic heterocycles. The summed E-state index contributed by atoms with van der Waals surface area (Å²) in [6, 6.07) is 8.18. The highest BCUT2D eigenvalue weighted by atomic mass is 28.3. The van der Waals surface area contributed by atoms with Crippen molar-refractivity contribution in [3.05, 3.63) is 47.8 Å². The van der Waals surface area contributed by atoms with Gasteiger partial charge in [-0.2, -0.15) is 5.10 Å². The van der Waals surface area contributed by atoms with Gasteiger partial charge in [-0.3, -0.25) is 9.67 Å². The zero-order valence-corrected chi connectivity index (χ0v) is 13.4. The molecule has 1 heterocycles. The standard InChI is InChI=1S/C15H20N3OSi/c1-12(16-9-13-10-17-18(2)11-13)14-7-5-6-8-15(14)19-20(3)4/h5-12H,1-4H3. The number of aromatic nitrogens is 2. The third-order valence-corrected chi connectivity index (χ3v) is 3.48. The van der Waals surface area contributed by atoms with E-state index in [9.17, 15) is 0 Å². The van der Waals surface area contributed by atoms with Crippen LogP contribution in [0.25, 0.3) is 0 Å². The second kappa shape index (κ2) is 6.52. The minimum absolute atomic E-state index is 0.0627. The average Bonchev–Trinajstić information content (AvgIpc) is 2.82. The molecule has 0 N–H and O–H groups in total. The number of hydrogen-bond donors (Lipinski definition) is 0. The lowest BCUT2D eigenvalue weighted by atomic mass is 10.1. The van der Waals surface area contributed by atoms with Crippen LogP contribution in [0.15, 0.2) is 41.7 Å². The van der Waals surface area contributed by atoms with Crippen molar-refractivity contribution in [2.75, 3.05) is 0 Å². The maximum absolute atomic E-state index is 5.93. The molecule has 1 unspecified atom stereocenters. The Labute approximate surface area is 121 Å². The summed E-state index contributed by atoms with van der Waals surface area (Å²) in [5.74, 6) is 0.947. The molecule has 5 heteroatoms.